The molecule has 0 saturated heterocycles. The average molecular weight is 1440 g/mol. The number of rotatable bonds is 13. The molecule has 0 unspecified atom stereocenters. The van der Waals surface area contributed by atoms with Crippen LogP contribution in [-0.4, -0.2) is 54.4 Å². The number of nitrogens with zero attached hydrogens (tertiary/aromatic N) is 11. The fourth-order valence-corrected chi connectivity index (χ4v) is 15.0. The summed E-state index contributed by atoms with van der Waals surface area (Å²) in [6, 6.07) is 132. The van der Waals surface area contributed by atoms with Crippen LogP contribution in [0.25, 0.3) is 206 Å². The molecule has 9 heterocycles. The lowest BCUT2D eigenvalue weighted by Crippen LogP contribution is -1.97. The molecule has 0 amide bonds. The second-order valence-corrected chi connectivity index (χ2v) is 27.9. The molecule has 21 aromatic rings. The summed E-state index contributed by atoms with van der Waals surface area (Å²) >= 11 is 0. The predicted molar refractivity (Wildman–Crippen MR) is 460 cm³/mol. The van der Waals surface area contributed by atoms with Crippen LogP contribution in [0.1, 0.15) is 0 Å². The summed E-state index contributed by atoms with van der Waals surface area (Å²) in [4.78, 5) is 49.3. The molecule has 12 aromatic carbocycles. The van der Waals surface area contributed by atoms with Crippen LogP contribution in [0.5, 0.6) is 0 Å². The van der Waals surface area contributed by atoms with Crippen LogP contribution in [0, 0.1) is 0 Å². The molecule has 0 aliphatic rings. The largest absolute Gasteiger partial charge is 0.309 e. The zero-order chi connectivity index (χ0) is 75.0. The van der Waals surface area contributed by atoms with Crippen molar-refractivity contribution in [1.82, 2.24) is 54.4 Å². The van der Waals surface area contributed by atoms with Crippen LogP contribution >= 0.6 is 0 Å². The SMILES string of the molecule is c1ccc(-c2cc(-c3ccc(-c4ccc5ccc(-c6ccc7ccc(-c8ccccn8)nc7c6)nc5c4)cc3)nc(-c3ccccc3)n2)cc1.c1ccc(-c2nc(-c3ccc(-c4ccc5ccc(-c6ccc7ccc(-c8ccccn8)nc7c6)nc5c4)cc3)cc(-c3cccc(-n4c5ccccc5c5ccccc54)c3)n2)cc1. The Morgan fingerprint density at radius 1 is 0.168 bits per heavy atom. The Hall–Kier alpha value is -15.5. The molecule has 11 heteroatoms. The molecule has 0 aliphatic heterocycles. The molecular formula is C102H65N11. The van der Waals surface area contributed by atoms with Gasteiger partial charge in [0, 0.05) is 94.9 Å². The van der Waals surface area contributed by atoms with E-state index < -0.39 is 0 Å². The Labute approximate surface area is 651 Å². The van der Waals surface area contributed by atoms with Crippen molar-refractivity contribution in [2.45, 2.75) is 0 Å². The number of pyridine rings is 6. The highest BCUT2D eigenvalue weighted by Gasteiger charge is 2.18. The lowest BCUT2D eigenvalue weighted by molar-refractivity contribution is 1.16. The maximum Gasteiger partial charge on any atom is 0.160 e. The molecule has 0 atom stereocenters. The van der Waals surface area contributed by atoms with Gasteiger partial charge in [0.2, 0.25) is 0 Å². The van der Waals surface area contributed by atoms with Crippen LogP contribution in [0.2, 0.25) is 0 Å². The van der Waals surface area contributed by atoms with Crippen LogP contribution in [0.15, 0.2) is 395 Å². The predicted octanol–water partition coefficient (Wildman–Crippen LogP) is 25.0. The van der Waals surface area contributed by atoms with E-state index >= 15 is 0 Å². The van der Waals surface area contributed by atoms with E-state index in [1.54, 1.807) is 12.4 Å². The van der Waals surface area contributed by atoms with Crippen LogP contribution in [0.4, 0.5) is 0 Å². The minimum absolute atomic E-state index is 0.682. The molecule has 0 N–H and O–H groups in total. The lowest BCUT2D eigenvalue weighted by Gasteiger charge is -2.12. The summed E-state index contributed by atoms with van der Waals surface area (Å²) in [5.74, 6) is 1.39. The Morgan fingerprint density at radius 2 is 0.478 bits per heavy atom. The van der Waals surface area contributed by atoms with E-state index in [1.165, 1.54) is 21.8 Å². The Morgan fingerprint density at radius 3 is 0.903 bits per heavy atom. The first-order valence-corrected chi connectivity index (χ1v) is 37.6. The smallest absolute Gasteiger partial charge is 0.160 e. The molecule has 0 radical (unpaired) electrons. The van der Waals surface area contributed by atoms with Gasteiger partial charge in [-0.3, -0.25) is 9.97 Å². The van der Waals surface area contributed by atoms with Crippen molar-refractivity contribution in [1.29, 1.82) is 0 Å². The molecule has 11 nitrogen and oxygen atoms in total. The third kappa shape index (κ3) is 13.5. The van der Waals surface area contributed by atoms with Gasteiger partial charge in [0.05, 0.1) is 90.0 Å². The number of hydrogen-bond acceptors (Lipinski definition) is 10. The summed E-state index contributed by atoms with van der Waals surface area (Å²) < 4.78 is 2.34. The molecule has 9 aromatic heterocycles. The van der Waals surface area contributed by atoms with Gasteiger partial charge in [0.15, 0.2) is 11.6 Å². The van der Waals surface area contributed by atoms with Crippen molar-refractivity contribution in [2.24, 2.45) is 0 Å². The van der Waals surface area contributed by atoms with Crippen LogP contribution < -0.4 is 0 Å². The first-order chi connectivity index (χ1) is 55.9. The highest BCUT2D eigenvalue weighted by molar-refractivity contribution is 6.09. The van der Waals surface area contributed by atoms with Crippen molar-refractivity contribution in [3.63, 3.8) is 0 Å². The maximum atomic E-state index is 5.17. The molecule has 113 heavy (non-hydrogen) atoms. The van der Waals surface area contributed by atoms with Gasteiger partial charge < -0.3 is 4.57 Å². The van der Waals surface area contributed by atoms with E-state index in [4.69, 9.17) is 39.9 Å². The summed E-state index contributed by atoms with van der Waals surface area (Å²) in [6.45, 7) is 0. The van der Waals surface area contributed by atoms with Crippen molar-refractivity contribution in [3.8, 4) is 141 Å². The Bertz CT molecular complexity index is 7030. The number of fused-ring (bicyclic) bond motifs is 7. The van der Waals surface area contributed by atoms with Gasteiger partial charge in [-0.15, -0.1) is 0 Å². The molecule has 0 spiro atoms. The molecule has 0 saturated carbocycles. The first kappa shape index (κ1) is 66.9. The molecule has 0 bridgehead atoms. The van der Waals surface area contributed by atoms with E-state index in [0.717, 1.165) is 173 Å². The fourth-order valence-electron chi connectivity index (χ4n) is 15.0. The summed E-state index contributed by atoms with van der Waals surface area (Å²) in [5.41, 5.74) is 28.3. The van der Waals surface area contributed by atoms with E-state index in [9.17, 15) is 0 Å². The number of para-hydroxylation sites is 2. The zero-order valence-corrected chi connectivity index (χ0v) is 60.9. The van der Waals surface area contributed by atoms with Gasteiger partial charge >= 0.3 is 0 Å². The van der Waals surface area contributed by atoms with E-state index in [2.05, 4.69) is 281 Å². The number of hydrogen-bond donors (Lipinski definition) is 0. The van der Waals surface area contributed by atoms with Crippen molar-refractivity contribution < 1.29 is 0 Å². The van der Waals surface area contributed by atoms with Gasteiger partial charge in [-0.25, -0.2) is 39.9 Å². The average Bonchev–Trinajstić information content (AvgIpc) is 1.61. The molecular weight excluding hydrogens is 1380 g/mol. The molecule has 0 aliphatic carbocycles. The molecule has 0 fully saturated rings. The van der Waals surface area contributed by atoms with Gasteiger partial charge in [0.25, 0.3) is 0 Å². The second kappa shape index (κ2) is 29.3. The third-order valence-electron chi connectivity index (χ3n) is 20.8. The summed E-state index contributed by atoms with van der Waals surface area (Å²) in [5, 5.41) is 6.79. The molecule has 21 rings (SSSR count). The van der Waals surface area contributed by atoms with Gasteiger partial charge in [-0.05, 0) is 131 Å². The van der Waals surface area contributed by atoms with Gasteiger partial charge in [-0.2, -0.15) is 0 Å². The third-order valence-corrected chi connectivity index (χ3v) is 20.8. The van der Waals surface area contributed by atoms with E-state index in [1.807, 2.05) is 115 Å². The monoisotopic (exact) mass is 1440 g/mol. The normalized spacial score (nSPS) is 11.4. The van der Waals surface area contributed by atoms with Gasteiger partial charge in [-0.1, -0.05) is 273 Å². The first-order valence-electron chi connectivity index (χ1n) is 37.6. The molecule has 528 valence electrons. The van der Waals surface area contributed by atoms with Crippen molar-refractivity contribution in [2.75, 3.05) is 0 Å². The van der Waals surface area contributed by atoms with Crippen molar-refractivity contribution in [3.05, 3.63) is 395 Å². The Kier molecular flexibility index (Phi) is 17.3. The quantitative estimate of drug-likeness (QED) is 0.110. The summed E-state index contributed by atoms with van der Waals surface area (Å²) in [6.07, 6.45) is 3.59. The maximum absolute atomic E-state index is 5.17. The highest BCUT2D eigenvalue weighted by atomic mass is 15.0. The lowest BCUT2D eigenvalue weighted by atomic mass is 10.00. The topological polar surface area (TPSA) is 134 Å². The minimum Gasteiger partial charge on any atom is -0.309 e. The standard InChI is InChI=1S/C57H36N6.C45H29N5/c1-2-11-41(12-3-1)57-61-53(36-54(62-57)43-13-10-14-45(33-43)63-55-18-6-4-15-46(55)47-16-5-7-19-56(47)63)38-22-20-37(21-23-38)42-26-24-39-28-30-48(59-51(39)34-42)44-27-25-40-29-31-50(60-52(40)35-44)49-17-8-9-32-58-49;1-3-9-31(10-4-1)43-29-44(50-45(49-43)35-11-5-2-6-12-35)32-16-14-30(15-17-32)36-20-18-33-22-24-38(47-41(33)27-36)37-21-19-34-23-25-40(48-42(34)28-37)39-13-7-8-26-46-39/h1-36H;1-29H. The van der Waals surface area contributed by atoms with Crippen molar-refractivity contribution >= 4 is 65.4 Å². The van der Waals surface area contributed by atoms with E-state index in [-0.39, 0.29) is 0 Å². The number of benzene rings is 12. The fraction of sp³-hybridized carbons (Fsp3) is 0. The van der Waals surface area contributed by atoms with Gasteiger partial charge in [0.1, 0.15) is 0 Å². The minimum atomic E-state index is 0.682. The number of aromatic nitrogens is 11. The van der Waals surface area contributed by atoms with Crippen LogP contribution in [0.3, 0.4) is 0 Å². The van der Waals surface area contributed by atoms with E-state index in [0.29, 0.717) is 11.6 Å². The Balaban J connectivity index is 0.000000151. The zero-order valence-electron chi connectivity index (χ0n) is 60.9. The highest BCUT2D eigenvalue weighted by Crippen LogP contribution is 2.38. The van der Waals surface area contributed by atoms with Crippen LogP contribution in [-0.2, 0) is 0 Å². The second-order valence-electron chi connectivity index (χ2n) is 27.9. The summed E-state index contributed by atoms with van der Waals surface area (Å²) in [7, 11) is 0.